The van der Waals surface area contributed by atoms with Crippen LogP contribution in [0.25, 0.3) is 0 Å². The fourth-order valence-electron chi connectivity index (χ4n) is 3.05. The number of pyridine rings is 1. The predicted octanol–water partition coefficient (Wildman–Crippen LogP) is 2.81. The summed E-state index contributed by atoms with van der Waals surface area (Å²) in [7, 11) is 0. The maximum absolute atomic E-state index is 12.3. The first-order valence-electron chi connectivity index (χ1n) is 8.40. The Kier molecular flexibility index (Phi) is 3.81. The number of carbonyl (C=O) groups is 2. The summed E-state index contributed by atoms with van der Waals surface area (Å²) < 4.78 is 0. The van der Waals surface area contributed by atoms with E-state index in [-0.39, 0.29) is 17.3 Å². The molecule has 0 spiro atoms. The van der Waals surface area contributed by atoms with Crippen molar-refractivity contribution >= 4 is 23.4 Å². The molecule has 0 atom stereocenters. The van der Waals surface area contributed by atoms with Crippen molar-refractivity contribution in [2.24, 2.45) is 5.41 Å². The quantitative estimate of drug-likeness (QED) is 0.834. The minimum absolute atomic E-state index is 0.0953. The lowest BCUT2D eigenvalue weighted by atomic mass is 9.88. The minimum atomic E-state index is -0.576. The van der Waals surface area contributed by atoms with Gasteiger partial charge in [0.1, 0.15) is 5.82 Å². The second kappa shape index (κ2) is 5.46. The molecule has 1 saturated heterocycles. The van der Waals surface area contributed by atoms with Gasteiger partial charge in [-0.15, -0.1) is 0 Å². The highest BCUT2D eigenvalue weighted by Gasteiger charge is 2.40. The Morgan fingerprint density at radius 2 is 2.04 bits per heavy atom. The Labute approximate surface area is 142 Å². The van der Waals surface area contributed by atoms with Crippen molar-refractivity contribution in [1.29, 1.82) is 0 Å². The molecular formula is C18H25N3O3. The number of anilines is 2. The molecule has 1 amide bonds. The summed E-state index contributed by atoms with van der Waals surface area (Å²) in [4.78, 5) is 36.1. The molecule has 2 aliphatic heterocycles. The molecule has 0 N–H and O–H groups in total. The third-order valence-corrected chi connectivity index (χ3v) is 4.56. The maximum Gasteiger partial charge on any atom is 0.337 e. The van der Waals surface area contributed by atoms with Crippen molar-refractivity contribution in [1.82, 2.24) is 4.98 Å². The van der Waals surface area contributed by atoms with Gasteiger partial charge < -0.3 is 4.84 Å². The van der Waals surface area contributed by atoms with Gasteiger partial charge in [0.25, 0.3) is 0 Å². The van der Waals surface area contributed by atoms with Crippen LogP contribution in [0.4, 0.5) is 11.5 Å². The molecule has 6 heteroatoms. The molecule has 0 saturated carbocycles. The van der Waals surface area contributed by atoms with E-state index >= 15 is 0 Å². The lowest BCUT2D eigenvalue weighted by molar-refractivity contribution is -0.154. The Hall–Kier alpha value is -2.11. The fourth-order valence-corrected chi connectivity index (χ4v) is 3.05. The first kappa shape index (κ1) is 16.7. The van der Waals surface area contributed by atoms with Crippen LogP contribution in [-0.2, 0) is 19.8 Å². The Morgan fingerprint density at radius 3 is 2.62 bits per heavy atom. The topological polar surface area (TPSA) is 62.7 Å². The molecule has 3 rings (SSSR count). The summed E-state index contributed by atoms with van der Waals surface area (Å²) >= 11 is 0. The van der Waals surface area contributed by atoms with Crippen molar-refractivity contribution in [2.75, 3.05) is 23.1 Å². The summed E-state index contributed by atoms with van der Waals surface area (Å²) in [6, 6.07) is 1.86. The second-order valence-electron chi connectivity index (χ2n) is 8.26. The fraction of sp³-hybridized carbons (Fsp3) is 0.611. The van der Waals surface area contributed by atoms with Gasteiger partial charge in [-0.1, -0.05) is 13.8 Å². The Bertz CT molecular complexity index is 691. The van der Waals surface area contributed by atoms with Crippen molar-refractivity contribution in [3.63, 3.8) is 0 Å². The lowest BCUT2D eigenvalue weighted by Crippen LogP contribution is -2.35. The molecule has 24 heavy (non-hydrogen) atoms. The smallest absolute Gasteiger partial charge is 0.337 e. The molecule has 1 fully saturated rings. The number of aromatic nitrogens is 1. The zero-order valence-corrected chi connectivity index (χ0v) is 15.0. The molecule has 1 aromatic rings. The van der Waals surface area contributed by atoms with Gasteiger partial charge in [-0.25, -0.2) is 14.8 Å². The maximum atomic E-state index is 12.3. The van der Waals surface area contributed by atoms with Crippen molar-refractivity contribution in [2.45, 2.75) is 52.9 Å². The largest absolute Gasteiger partial charge is 0.340 e. The van der Waals surface area contributed by atoms with Crippen LogP contribution in [0.5, 0.6) is 0 Å². The van der Waals surface area contributed by atoms with Crippen molar-refractivity contribution in [3.8, 4) is 0 Å². The van der Waals surface area contributed by atoms with Crippen LogP contribution in [0.15, 0.2) is 12.3 Å². The summed E-state index contributed by atoms with van der Waals surface area (Å²) in [5, 5.41) is 1.65. The van der Waals surface area contributed by atoms with Crippen LogP contribution in [0.3, 0.4) is 0 Å². The number of hydrogen-bond acceptors (Lipinski definition) is 5. The SMILES string of the molecule is CC(C)(C)C(=O)ON1CC(C)(C)c2cnc(N3CCCC3=O)cc21. The standard InChI is InChI=1S/C18H25N3O3/c1-17(2,3)16(23)24-21-11-18(4,5)12-10-19-14(9-13(12)21)20-8-6-7-15(20)22/h9-10H,6-8,11H2,1-5H3. The van der Waals surface area contributed by atoms with Gasteiger partial charge >= 0.3 is 5.97 Å². The molecule has 1 aromatic heterocycles. The lowest BCUT2D eigenvalue weighted by Gasteiger charge is -2.25. The number of hydroxylamine groups is 1. The van der Waals surface area contributed by atoms with E-state index in [1.54, 1.807) is 16.2 Å². The van der Waals surface area contributed by atoms with Crippen molar-refractivity contribution < 1.29 is 14.4 Å². The molecule has 0 radical (unpaired) electrons. The molecule has 3 heterocycles. The number of amides is 1. The number of nitrogens with zero attached hydrogens (tertiary/aromatic N) is 3. The van der Waals surface area contributed by atoms with Crippen LogP contribution in [0.1, 0.15) is 53.0 Å². The monoisotopic (exact) mass is 331 g/mol. The van der Waals surface area contributed by atoms with Gasteiger partial charge in [0.05, 0.1) is 17.6 Å². The van der Waals surface area contributed by atoms with Gasteiger partial charge in [-0.3, -0.25) is 9.69 Å². The van der Waals surface area contributed by atoms with Crippen molar-refractivity contribution in [3.05, 3.63) is 17.8 Å². The highest BCUT2D eigenvalue weighted by atomic mass is 16.7. The summed E-state index contributed by atoms with van der Waals surface area (Å²) in [5.41, 5.74) is 1.10. The minimum Gasteiger partial charge on any atom is -0.340 e. The van der Waals surface area contributed by atoms with E-state index in [9.17, 15) is 9.59 Å². The van der Waals surface area contributed by atoms with Crippen LogP contribution in [0, 0.1) is 5.41 Å². The average Bonchev–Trinajstić information content (AvgIpc) is 3.00. The normalized spacial score (nSPS) is 19.6. The Morgan fingerprint density at radius 1 is 1.33 bits per heavy atom. The van der Waals surface area contributed by atoms with Crippen LogP contribution < -0.4 is 9.96 Å². The number of hydrogen-bond donors (Lipinski definition) is 0. The first-order valence-corrected chi connectivity index (χ1v) is 8.40. The zero-order valence-electron chi connectivity index (χ0n) is 15.0. The molecule has 0 aliphatic carbocycles. The molecule has 130 valence electrons. The van der Waals surface area contributed by atoms with E-state index in [4.69, 9.17) is 4.84 Å². The van der Waals surface area contributed by atoms with Gasteiger partial charge in [0, 0.05) is 36.2 Å². The second-order valence-corrected chi connectivity index (χ2v) is 8.26. The van der Waals surface area contributed by atoms with Crippen LogP contribution in [-0.4, -0.2) is 29.9 Å². The highest BCUT2D eigenvalue weighted by molar-refractivity contribution is 5.95. The van der Waals surface area contributed by atoms with E-state index in [1.807, 2.05) is 26.8 Å². The van der Waals surface area contributed by atoms with E-state index in [0.717, 1.165) is 17.7 Å². The molecule has 0 unspecified atom stereocenters. The van der Waals surface area contributed by atoms with E-state index < -0.39 is 5.41 Å². The number of rotatable bonds is 2. The zero-order chi connectivity index (χ0) is 17.7. The van der Waals surface area contributed by atoms with E-state index in [0.29, 0.717) is 25.3 Å². The Balaban J connectivity index is 1.94. The summed E-state index contributed by atoms with van der Waals surface area (Å²) in [6.07, 6.45) is 3.22. The van der Waals surface area contributed by atoms with E-state index in [1.165, 1.54) is 0 Å². The van der Waals surface area contributed by atoms with Gasteiger partial charge in [-0.2, -0.15) is 0 Å². The molecule has 6 nitrogen and oxygen atoms in total. The third kappa shape index (κ3) is 2.85. The van der Waals surface area contributed by atoms with Crippen LogP contribution in [0.2, 0.25) is 0 Å². The number of fused-ring (bicyclic) bond motifs is 1. The van der Waals surface area contributed by atoms with Gasteiger partial charge in [0.2, 0.25) is 5.91 Å². The highest BCUT2D eigenvalue weighted by Crippen LogP contribution is 2.42. The van der Waals surface area contributed by atoms with Gasteiger partial charge in [0.15, 0.2) is 0 Å². The van der Waals surface area contributed by atoms with Crippen LogP contribution >= 0.6 is 0 Å². The van der Waals surface area contributed by atoms with E-state index in [2.05, 4.69) is 18.8 Å². The molecular weight excluding hydrogens is 306 g/mol. The molecule has 0 aromatic carbocycles. The predicted molar refractivity (Wildman–Crippen MR) is 91.7 cm³/mol. The summed E-state index contributed by atoms with van der Waals surface area (Å²) in [5.74, 6) is 0.450. The summed E-state index contributed by atoms with van der Waals surface area (Å²) in [6.45, 7) is 11.0. The molecule has 2 aliphatic rings. The van der Waals surface area contributed by atoms with Gasteiger partial charge in [-0.05, 0) is 27.2 Å². The third-order valence-electron chi connectivity index (χ3n) is 4.56. The molecule has 0 bridgehead atoms. The first-order chi connectivity index (χ1) is 11.1. The number of carbonyl (C=O) groups excluding carboxylic acids is 2. The average molecular weight is 331 g/mol.